The van der Waals surface area contributed by atoms with Crippen molar-refractivity contribution < 1.29 is 18.0 Å². The van der Waals surface area contributed by atoms with Crippen LogP contribution in [0.25, 0.3) is 0 Å². The number of nitrogens with zero attached hydrogens (tertiary/aromatic N) is 2. The van der Waals surface area contributed by atoms with Crippen LogP contribution >= 0.6 is 23.2 Å². The second-order valence-corrected chi connectivity index (χ2v) is 12.9. The number of unbranched alkanes of at least 4 members (excludes halogenated alkanes) is 1. The molecule has 0 heterocycles. The average Bonchev–Trinajstić information content (AvgIpc) is 2.92. The van der Waals surface area contributed by atoms with Gasteiger partial charge in [-0.2, -0.15) is 0 Å². The van der Waals surface area contributed by atoms with Crippen LogP contribution in [0.3, 0.4) is 0 Å². The zero-order valence-electron chi connectivity index (χ0n) is 23.9. The molecule has 0 aliphatic rings. The summed E-state index contributed by atoms with van der Waals surface area (Å²) in [6.45, 7) is 5.86. The standard InChI is InChI=1S/C31H37Cl2N3O4S/c1-5-6-16-34-31(38)29(19-24-10-8-7-9-11-24)35(20-25-13-15-27(32)28(33)18-25)30(37)21-36(41(4,39)40)26-14-12-22(2)23(3)17-26/h7-15,17-18,29H,5-6,16,19-21H2,1-4H3,(H,34,38). The van der Waals surface area contributed by atoms with Gasteiger partial charge in [0.15, 0.2) is 0 Å². The predicted molar refractivity (Wildman–Crippen MR) is 167 cm³/mol. The van der Waals surface area contributed by atoms with Crippen molar-refractivity contribution in [3.63, 3.8) is 0 Å². The maximum atomic E-state index is 14.1. The maximum absolute atomic E-state index is 14.1. The van der Waals surface area contributed by atoms with Gasteiger partial charge < -0.3 is 10.2 Å². The maximum Gasteiger partial charge on any atom is 0.244 e. The molecule has 0 aliphatic carbocycles. The van der Waals surface area contributed by atoms with Crippen LogP contribution in [0.2, 0.25) is 10.0 Å². The minimum Gasteiger partial charge on any atom is -0.354 e. The highest BCUT2D eigenvalue weighted by molar-refractivity contribution is 7.92. The second kappa shape index (κ2) is 14.7. The highest BCUT2D eigenvalue weighted by atomic mass is 35.5. The van der Waals surface area contributed by atoms with Crippen LogP contribution in [0.4, 0.5) is 5.69 Å². The summed E-state index contributed by atoms with van der Waals surface area (Å²) in [7, 11) is -3.84. The molecule has 41 heavy (non-hydrogen) atoms. The predicted octanol–water partition coefficient (Wildman–Crippen LogP) is 5.93. The Morgan fingerprint density at radius 2 is 1.61 bits per heavy atom. The average molecular weight is 619 g/mol. The number of carbonyl (C=O) groups is 2. The van der Waals surface area contributed by atoms with Crippen molar-refractivity contribution in [2.75, 3.05) is 23.7 Å². The number of nitrogens with one attached hydrogen (secondary N) is 1. The first-order chi connectivity index (χ1) is 19.4. The van der Waals surface area contributed by atoms with Crippen LogP contribution < -0.4 is 9.62 Å². The van der Waals surface area contributed by atoms with Gasteiger partial charge in [-0.1, -0.05) is 79.0 Å². The number of aryl methyl sites for hydroxylation is 2. The van der Waals surface area contributed by atoms with Crippen molar-refractivity contribution >= 4 is 50.7 Å². The van der Waals surface area contributed by atoms with Crippen molar-refractivity contribution in [1.29, 1.82) is 0 Å². The highest BCUT2D eigenvalue weighted by Crippen LogP contribution is 2.26. The van der Waals surface area contributed by atoms with E-state index in [2.05, 4.69) is 5.32 Å². The Bertz CT molecular complexity index is 1470. The summed E-state index contributed by atoms with van der Waals surface area (Å²) in [5.74, 6) is -0.834. The van der Waals surface area contributed by atoms with E-state index in [9.17, 15) is 18.0 Å². The quantitative estimate of drug-likeness (QED) is 0.241. The number of hydrogen-bond acceptors (Lipinski definition) is 4. The van der Waals surface area contributed by atoms with Gasteiger partial charge in [-0.25, -0.2) is 8.42 Å². The molecular formula is C31H37Cl2N3O4S. The van der Waals surface area contributed by atoms with Crippen LogP contribution in [0.5, 0.6) is 0 Å². The topological polar surface area (TPSA) is 86.8 Å². The van der Waals surface area contributed by atoms with Gasteiger partial charge in [0.05, 0.1) is 22.0 Å². The molecule has 3 aromatic rings. The molecule has 1 N–H and O–H groups in total. The third-order valence-electron chi connectivity index (χ3n) is 6.90. The lowest BCUT2D eigenvalue weighted by Gasteiger charge is -2.33. The molecule has 0 saturated heterocycles. The Hall–Kier alpha value is -3.07. The first-order valence-corrected chi connectivity index (χ1v) is 16.1. The monoisotopic (exact) mass is 617 g/mol. The molecule has 1 atom stereocenters. The van der Waals surface area contributed by atoms with Crippen LogP contribution in [-0.4, -0.2) is 50.5 Å². The van der Waals surface area contributed by atoms with E-state index in [1.165, 1.54) is 4.90 Å². The number of hydrogen-bond donors (Lipinski definition) is 1. The van der Waals surface area contributed by atoms with Gasteiger partial charge in [-0.15, -0.1) is 0 Å². The van der Waals surface area contributed by atoms with E-state index in [0.717, 1.165) is 40.1 Å². The minimum atomic E-state index is -3.84. The molecule has 10 heteroatoms. The third-order valence-corrected chi connectivity index (χ3v) is 8.77. The number of amides is 2. The number of anilines is 1. The van der Waals surface area contributed by atoms with Crippen molar-refractivity contribution in [3.05, 3.63) is 99.0 Å². The summed E-state index contributed by atoms with van der Waals surface area (Å²) in [6.07, 6.45) is 3.00. The van der Waals surface area contributed by atoms with Gasteiger partial charge >= 0.3 is 0 Å². The van der Waals surface area contributed by atoms with Crippen molar-refractivity contribution in [2.24, 2.45) is 0 Å². The molecule has 0 bridgehead atoms. The summed E-state index contributed by atoms with van der Waals surface area (Å²) >= 11 is 12.4. The molecule has 0 saturated carbocycles. The molecule has 7 nitrogen and oxygen atoms in total. The molecule has 0 aromatic heterocycles. The van der Waals surface area contributed by atoms with Crippen LogP contribution in [0.15, 0.2) is 66.7 Å². The molecule has 3 aromatic carbocycles. The molecular weight excluding hydrogens is 581 g/mol. The normalized spacial score (nSPS) is 12.0. The number of rotatable bonds is 13. The smallest absolute Gasteiger partial charge is 0.244 e. The van der Waals surface area contributed by atoms with Gasteiger partial charge in [-0.3, -0.25) is 13.9 Å². The van der Waals surface area contributed by atoms with E-state index >= 15 is 0 Å². The Balaban J connectivity index is 2.06. The lowest BCUT2D eigenvalue weighted by Crippen LogP contribution is -2.53. The van der Waals surface area contributed by atoms with Gasteiger partial charge in [0.25, 0.3) is 0 Å². The molecule has 3 rings (SSSR count). The molecule has 0 spiro atoms. The fourth-order valence-electron chi connectivity index (χ4n) is 4.39. The van der Waals surface area contributed by atoms with Crippen LogP contribution in [0.1, 0.15) is 42.0 Å². The fraction of sp³-hybridized carbons (Fsp3) is 0.355. The molecule has 220 valence electrons. The molecule has 0 aliphatic heterocycles. The van der Waals surface area contributed by atoms with Crippen molar-refractivity contribution in [3.8, 4) is 0 Å². The number of halogens is 2. The van der Waals surface area contributed by atoms with Crippen LogP contribution in [-0.2, 0) is 32.6 Å². The van der Waals surface area contributed by atoms with Gasteiger partial charge in [0, 0.05) is 19.5 Å². The summed E-state index contributed by atoms with van der Waals surface area (Å²) in [4.78, 5) is 29.2. The Morgan fingerprint density at radius 3 is 2.22 bits per heavy atom. The molecule has 0 fully saturated rings. The zero-order valence-corrected chi connectivity index (χ0v) is 26.2. The van der Waals surface area contributed by atoms with E-state index < -0.39 is 28.5 Å². The van der Waals surface area contributed by atoms with Gasteiger partial charge in [0.2, 0.25) is 21.8 Å². The van der Waals surface area contributed by atoms with Crippen molar-refractivity contribution in [1.82, 2.24) is 10.2 Å². The van der Waals surface area contributed by atoms with Gasteiger partial charge in [-0.05, 0) is 66.8 Å². The number of sulfonamides is 1. The SMILES string of the molecule is CCCCNC(=O)C(Cc1ccccc1)N(Cc1ccc(Cl)c(Cl)c1)C(=O)CN(c1ccc(C)c(C)c1)S(C)(=O)=O. The van der Waals surface area contributed by atoms with Gasteiger partial charge in [0.1, 0.15) is 12.6 Å². The summed E-state index contributed by atoms with van der Waals surface area (Å²) < 4.78 is 27.0. The van der Waals surface area contributed by atoms with E-state index in [4.69, 9.17) is 23.2 Å². The minimum absolute atomic E-state index is 0.0267. The first-order valence-electron chi connectivity index (χ1n) is 13.5. The fourth-order valence-corrected chi connectivity index (χ4v) is 5.55. The zero-order chi connectivity index (χ0) is 30.2. The summed E-state index contributed by atoms with van der Waals surface area (Å²) in [5, 5.41) is 3.64. The van der Waals surface area contributed by atoms with Crippen LogP contribution in [0, 0.1) is 13.8 Å². The molecule has 1 unspecified atom stereocenters. The van der Waals surface area contributed by atoms with E-state index in [1.807, 2.05) is 57.2 Å². The highest BCUT2D eigenvalue weighted by Gasteiger charge is 2.33. The third kappa shape index (κ3) is 9.21. The summed E-state index contributed by atoms with van der Waals surface area (Å²) in [6, 6.07) is 18.8. The summed E-state index contributed by atoms with van der Waals surface area (Å²) in [5.41, 5.74) is 3.80. The van der Waals surface area contributed by atoms with E-state index in [1.54, 1.807) is 30.3 Å². The largest absolute Gasteiger partial charge is 0.354 e. The molecule has 2 amide bonds. The number of carbonyl (C=O) groups excluding carboxylic acids is 2. The molecule has 0 radical (unpaired) electrons. The lowest BCUT2D eigenvalue weighted by molar-refractivity contribution is -0.140. The first kappa shape index (κ1) is 32.4. The van der Waals surface area contributed by atoms with E-state index in [-0.39, 0.29) is 18.9 Å². The Morgan fingerprint density at radius 1 is 0.902 bits per heavy atom. The Labute approximate surface area is 253 Å². The Kier molecular flexibility index (Phi) is 11.6. The second-order valence-electron chi connectivity index (χ2n) is 10.2. The lowest BCUT2D eigenvalue weighted by atomic mass is 10.0. The van der Waals surface area contributed by atoms with E-state index in [0.29, 0.717) is 27.8 Å². The van der Waals surface area contributed by atoms with Crippen molar-refractivity contribution in [2.45, 2.75) is 52.6 Å². The number of benzene rings is 3.